The van der Waals surface area contributed by atoms with E-state index in [0.29, 0.717) is 5.41 Å². The Balaban J connectivity index is -0.000000360. The molecule has 16 heteroatoms. The largest absolute Gasteiger partial charge is 0.403 e. The molecule has 0 aromatic carbocycles. The summed E-state index contributed by atoms with van der Waals surface area (Å²) >= 11 is 0. The van der Waals surface area contributed by atoms with Crippen LogP contribution in [0, 0.1) is 5.41 Å². The molecule has 0 rings (SSSR count). The van der Waals surface area contributed by atoms with Crippen LogP contribution in [0.3, 0.4) is 0 Å². The monoisotopic (exact) mass is 1410 g/mol. The van der Waals surface area contributed by atoms with Gasteiger partial charge in [-0.15, -0.1) is 0 Å². The van der Waals surface area contributed by atoms with Gasteiger partial charge < -0.3 is 0 Å². The maximum atomic E-state index is 8.86. The quantitative estimate of drug-likeness (QED) is 0.0201. The average molecular weight is 1410 g/mol. The topological polar surface area (TPSA) is 243 Å². The van der Waals surface area contributed by atoms with E-state index < -0.39 is 31.8 Å². The Bertz CT molecular complexity index is 1130. The molecule has 0 spiro atoms. The molecule has 12 N–H and O–H groups in total. The van der Waals surface area contributed by atoms with E-state index in [1.807, 2.05) is 0 Å². The summed E-state index contributed by atoms with van der Waals surface area (Å²) in [6, 6.07) is 0. The minimum Gasteiger partial charge on any atom is -0.193 e. The van der Waals surface area contributed by atoms with Gasteiger partial charge in [0.1, 0.15) is 24.6 Å². The van der Waals surface area contributed by atoms with E-state index in [9.17, 15) is 0 Å². The smallest absolute Gasteiger partial charge is 0.193 e. The van der Waals surface area contributed by atoms with Crippen molar-refractivity contribution < 1.29 is 58.7 Å². The maximum absolute atomic E-state index is 8.86. The summed E-state index contributed by atoms with van der Waals surface area (Å²) in [5.74, 6) is 0. The molecule has 0 atom stereocenters. The number of hydrogen-bond donors (Lipinski definition) is 12. The molecule has 0 unspecified atom stereocenters. The minimum atomic E-state index is -3.50. The molecule has 0 fully saturated rings. The second kappa shape index (κ2) is 80.6. The Morgan fingerprint density at radius 1 is 0.140 bits per heavy atom. The van der Waals surface area contributed by atoms with Crippen LogP contribution >= 0.6 is 31.8 Å². The van der Waals surface area contributed by atoms with Gasteiger partial charge in [-0.25, -0.2) is 0 Å². The Kier molecular flexibility index (Phi) is 89.1. The molecule has 93 heavy (non-hydrogen) atoms. The third-order valence-corrected chi connectivity index (χ3v) is 20.9. The van der Waals surface area contributed by atoms with Gasteiger partial charge in [-0.05, 0) is 56.8 Å². The fraction of sp³-hybridized carbons (Fsp3) is 1.00. The van der Waals surface area contributed by atoms with E-state index in [4.69, 9.17) is 58.7 Å². The van der Waals surface area contributed by atoms with Gasteiger partial charge in [-0.1, -0.05) is 415 Å². The predicted octanol–water partition coefficient (Wildman–Crippen LogP) is 26.0. The molecule has 0 saturated carbocycles. The highest BCUT2D eigenvalue weighted by atomic mass is 31.2. The zero-order valence-electron chi connectivity index (χ0n) is 63.7. The van der Waals surface area contributed by atoms with Crippen molar-refractivity contribution in [2.45, 2.75) is 466 Å². The summed E-state index contributed by atoms with van der Waals surface area (Å²) in [6.07, 6.45) is 83.9. The van der Waals surface area contributed by atoms with Crippen molar-refractivity contribution >= 4 is 31.8 Å². The first-order chi connectivity index (χ1) is 44.2. The van der Waals surface area contributed by atoms with Gasteiger partial charge in [0, 0.05) is 0 Å². The van der Waals surface area contributed by atoms with Crippen molar-refractivity contribution in [1.82, 2.24) is 0 Å². The van der Waals surface area contributed by atoms with Crippen LogP contribution in [0.25, 0.3) is 0 Å². The first-order valence-electron chi connectivity index (χ1n) is 40.5. The van der Waals surface area contributed by atoms with Gasteiger partial charge in [0.15, 0.2) is 0 Å². The van der Waals surface area contributed by atoms with E-state index in [0.717, 1.165) is 77.0 Å². The summed E-state index contributed by atoms with van der Waals surface area (Å²) < 4.78 is 0. The maximum Gasteiger partial charge on any atom is 0.403 e. The predicted molar refractivity (Wildman–Crippen MR) is 417 cm³/mol. The van der Waals surface area contributed by atoms with E-state index >= 15 is 0 Å². The van der Waals surface area contributed by atoms with Crippen LogP contribution in [0.4, 0.5) is 0 Å². The van der Waals surface area contributed by atoms with Crippen LogP contribution < -0.4 is 0 Å². The van der Waals surface area contributed by atoms with E-state index in [1.165, 1.54) is 334 Å². The highest BCUT2D eigenvalue weighted by Crippen LogP contribution is 2.47. The number of unbranched alkanes of at least 4 members (excludes halogenated alkanes) is 60. The Morgan fingerprint density at radius 2 is 0.204 bits per heavy atom. The fourth-order valence-electron chi connectivity index (χ4n) is 11.5. The SMILES string of the molecule is CC(C)(C)C.CCCCCCCCCCCCCCCCCC[P+](O)(O)O.CCCCCCCCCCCCCCCCCC[P+](O)(O)O.CCCCCCCCCCCCCCCCCC[P+](O)(O)O.CCCCCCCCCCCCCCCCCC[P+](O)(O)O. The van der Waals surface area contributed by atoms with Crippen molar-refractivity contribution in [3.05, 3.63) is 0 Å². The summed E-state index contributed by atoms with van der Waals surface area (Å²) in [5.41, 5.74) is 0.500. The molecule has 0 aromatic heterocycles. The molecule has 0 aliphatic rings. The molecule has 0 aliphatic heterocycles. The Labute approximate surface area is 583 Å². The van der Waals surface area contributed by atoms with Crippen molar-refractivity contribution in [2.75, 3.05) is 24.6 Å². The van der Waals surface area contributed by atoms with Crippen molar-refractivity contribution in [3.63, 3.8) is 0 Å². The molecule has 0 radical (unpaired) electrons. The summed E-state index contributed by atoms with van der Waals surface area (Å²) in [6.45, 7) is 17.8. The molecule has 568 valence electrons. The lowest BCUT2D eigenvalue weighted by atomic mass is 10.0. The van der Waals surface area contributed by atoms with Crippen molar-refractivity contribution in [3.8, 4) is 0 Å². The lowest BCUT2D eigenvalue weighted by Crippen LogP contribution is -1.95. The number of rotatable bonds is 68. The molecule has 0 aliphatic carbocycles. The molecule has 0 saturated heterocycles. The molecular formula is C77H172O12P4+4. The lowest BCUT2D eigenvalue weighted by Gasteiger charge is -2.05. The third-order valence-electron chi connectivity index (χ3n) is 17.2. The van der Waals surface area contributed by atoms with Gasteiger partial charge in [-0.2, -0.15) is 58.7 Å². The van der Waals surface area contributed by atoms with Crippen LogP contribution in [0.1, 0.15) is 466 Å². The standard InChI is InChI=1S/4C18H40O3P.C5H12/c4*1-2-3-4-5-6-7-8-9-10-11-12-13-14-15-16-17-18-22(19,20)21;1-5(2,3)4/h4*19-21H,2-18H2,1H3;1-4H3/q4*+1;. The van der Waals surface area contributed by atoms with Crippen molar-refractivity contribution in [1.29, 1.82) is 0 Å². The van der Waals surface area contributed by atoms with Gasteiger partial charge in [0.05, 0.1) is 0 Å². The molecule has 0 amide bonds. The second-order valence-corrected chi connectivity index (χ2v) is 37.2. The molecule has 0 heterocycles. The summed E-state index contributed by atoms with van der Waals surface area (Å²) in [4.78, 5) is 106. The molecule has 0 bridgehead atoms. The van der Waals surface area contributed by atoms with Crippen LogP contribution in [0.2, 0.25) is 0 Å². The molecule has 12 nitrogen and oxygen atoms in total. The van der Waals surface area contributed by atoms with Crippen LogP contribution in [-0.2, 0) is 0 Å². The summed E-state index contributed by atoms with van der Waals surface area (Å²) in [5, 5.41) is 0. The van der Waals surface area contributed by atoms with Gasteiger partial charge in [-0.3, -0.25) is 0 Å². The van der Waals surface area contributed by atoms with Gasteiger partial charge >= 0.3 is 31.8 Å². The van der Waals surface area contributed by atoms with E-state index in [2.05, 4.69) is 55.4 Å². The Hall–Kier alpha value is 1.24. The van der Waals surface area contributed by atoms with Crippen molar-refractivity contribution in [2.24, 2.45) is 5.41 Å². The number of hydrogen-bond acceptors (Lipinski definition) is 12. The summed E-state index contributed by atoms with van der Waals surface area (Å²) in [7, 11) is -14.0. The third kappa shape index (κ3) is 130. The molecular weight excluding hydrogens is 1240 g/mol. The highest BCUT2D eigenvalue weighted by Gasteiger charge is 2.30. The zero-order chi connectivity index (χ0) is 70.6. The van der Waals surface area contributed by atoms with E-state index in [1.54, 1.807) is 0 Å². The highest BCUT2D eigenvalue weighted by molar-refractivity contribution is 7.59. The Morgan fingerprint density at radius 3 is 0.269 bits per heavy atom. The normalized spacial score (nSPS) is 12.0. The van der Waals surface area contributed by atoms with Crippen LogP contribution in [0.5, 0.6) is 0 Å². The second-order valence-electron chi connectivity index (χ2n) is 29.9. The zero-order valence-corrected chi connectivity index (χ0v) is 67.3. The first-order valence-corrected chi connectivity index (χ1v) is 47.8. The molecule has 0 aromatic rings. The first kappa shape index (κ1) is 103. The van der Waals surface area contributed by atoms with Gasteiger partial charge in [0.2, 0.25) is 0 Å². The fourth-order valence-corrected chi connectivity index (χ4v) is 14.1. The average Bonchev–Trinajstić information content (AvgIpc) is 3.66. The van der Waals surface area contributed by atoms with Gasteiger partial charge in [0.25, 0.3) is 0 Å². The lowest BCUT2D eigenvalue weighted by molar-refractivity contribution is 0.326. The van der Waals surface area contributed by atoms with Crippen LogP contribution in [-0.4, -0.2) is 83.4 Å². The van der Waals surface area contributed by atoms with E-state index in [-0.39, 0.29) is 24.6 Å². The van der Waals surface area contributed by atoms with Crippen LogP contribution in [0.15, 0.2) is 0 Å². The minimum absolute atomic E-state index is 0.172.